The van der Waals surface area contributed by atoms with Gasteiger partial charge in [-0.1, -0.05) is 0 Å². The first-order chi connectivity index (χ1) is 7.56. The molecule has 3 N–H and O–H groups in total. The smallest absolute Gasteiger partial charge is 0.328 e. The van der Waals surface area contributed by atoms with Crippen LogP contribution in [0, 0.1) is 5.92 Å². The second-order valence-corrected chi connectivity index (χ2v) is 3.79. The normalized spacial score (nSPS) is 26.2. The molecule has 1 heterocycles. The van der Waals surface area contributed by atoms with Crippen LogP contribution in [0.1, 0.15) is 13.8 Å². The minimum atomic E-state index is -0.653. The minimum absolute atomic E-state index is 0.259. The second kappa shape index (κ2) is 5.81. The molecule has 1 saturated heterocycles. The molecule has 0 saturated carbocycles. The van der Waals surface area contributed by atoms with Gasteiger partial charge in [0.1, 0.15) is 6.04 Å². The van der Waals surface area contributed by atoms with E-state index >= 15 is 0 Å². The van der Waals surface area contributed by atoms with E-state index in [0.717, 1.165) is 0 Å². The van der Waals surface area contributed by atoms with Gasteiger partial charge in [0.15, 0.2) is 0 Å². The molecule has 1 aliphatic heterocycles. The summed E-state index contributed by atoms with van der Waals surface area (Å²) in [6, 6.07) is -0.949. The van der Waals surface area contributed by atoms with E-state index in [1.54, 1.807) is 13.8 Å². The van der Waals surface area contributed by atoms with Gasteiger partial charge in [-0.2, -0.15) is 0 Å². The first kappa shape index (κ1) is 12.9. The number of nitrogens with one attached hydrogen (secondary N) is 1. The van der Waals surface area contributed by atoms with Crippen molar-refractivity contribution >= 4 is 11.9 Å². The first-order valence-electron chi connectivity index (χ1n) is 5.36. The highest BCUT2D eigenvalue weighted by Crippen LogP contribution is 2.11. The fraction of sp³-hybridized carbons (Fsp3) is 0.800. The van der Waals surface area contributed by atoms with Gasteiger partial charge < -0.3 is 20.5 Å². The molecule has 0 spiro atoms. The Morgan fingerprint density at radius 2 is 2.25 bits per heavy atom. The van der Waals surface area contributed by atoms with Crippen molar-refractivity contribution < 1.29 is 19.1 Å². The Balaban J connectivity index is 2.41. The Bertz CT molecular complexity index is 270. The molecule has 3 unspecified atom stereocenters. The maximum absolute atomic E-state index is 11.7. The number of carbonyl (C=O) groups is 2. The number of hydrogen-bond donors (Lipinski definition) is 2. The van der Waals surface area contributed by atoms with E-state index in [-0.39, 0.29) is 17.9 Å². The largest absolute Gasteiger partial charge is 0.464 e. The van der Waals surface area contributed by atoms with Gasteiger partial charge in [0.2, 0.25) is 5.91 Å². The molecular weight excluding hydrogens is 212 g/mol. The van der Waals surface area contributed by atoms with E-state index < -0.39 is 12.0 Å². The summed E-state index contributed by atoms with van der Waals surface area (Å²) in [5.41, 5.74) is 5.69. The van der Waals surface area contributed by atoms with Gasteiger partial charge in [0.05, 0.1) is 25.7 Å². The summed E-state index contributed by atoms with van der Waals surface area (Å²) in [4.78, 5) is 23.0. The summed E-state index contributed by atoms with van der Waals surface area (Å²) in [6.07, 6.45) is 0. The van der Waals surface area contributed by atoms with Gasteiger partial charge in [0, 0.05) is 6.04 Å². The Morgan fingerprint density at radius 3 is 2.75 bits per heavy atom. The van der Waals surface area contributed by atoms with Crippen LogP contribution in [0.5, 0.6) is 0 Å². The molecule has 0 aliphatic carbocycles. The highest BCUT2D eigenvalue weighted by Gasteiger charge is 2.32. The average molecular weight is 230 g/mol. The van der Waals surface area contributed by atoms with Crippen LogP contribution in [0.15, 0.2) is 0 Å². The molecule has 0 aromatic rings. The van der Waals surface area contributed by atoms with Crippen molar-refractivity contribution in [3.8, 4) is 0 Å². The van der Waals surface area contributed by atoms with Gasteiger partial charge in [-0.25, -0.2) is 4.79 Å². The van der Waals surface area contributed by atoms with Crippen LogP contribution < -0.4 is 11.1 Å². The fourth-order valence-electron chi connectivity index (χ4n) is 1.49. The summed E-state index contributed by atoms with van der Waals surface area (Å²) in [5.74, 6) is -1.08. The quantitative estimate of drug-likeness (QED) is 0.606. The lowest BCUT2D eigenvalue weighted by Crippen LogP contribution is -2.47. The van der Waals surface area contributed by atoms with Crippen molar-refractivity contribution in [1.29, 1.82) is 0 Å². The van der Waals surface area contributed by atoms with E-state index in [4.69, 9.17) is 15.2 Å². The van der Waals surface area contributed by atoms with Gasteiger partial charge in [-0.15, -0.1) is 0 Å². The van der Waals surface area contributed by atoms with Crippen LogP contribution in [0.2, 0.25) is 0 Å². The predicted molar refractivity (Wildman–Crippen MR) is 56.5 cm³/mol. The Hall–Kier alpha value is -1.14. The third-order valence-electron chi connectivity index (χ3n) is 2.46. The monoisotopic (exact) mass is 230 g/mol. The molecule has 1 rings (SSSR count). The van der Waals surface area contributed by atoms with Crippen LogP contribution in [-0.2, 0) is 19.1 Å². The lowest BCUT2D eigenvalue weighted by molar-refractivity contribution is -0.147. The van der Waals surface area contributed by atoms with Crippen molar-refractivity contribution in [2.24, 2.45) is 11.7 Å². The van der Waals surface area contributed by atoms with E-state index in [2.05, 4.69) is 5.32 Å². The van der Waals surface area contributed by atoms with Crippen molar-refractivity contribution in [2.45, 2.75) is 25.9 Å². The Kier molecular flexibility index (Phi) is 4.70. The van der Waals surface area contributed by atoms with E-state index in [1.165, 1.54) is 0 Å². The van der Waals surface area contributed by atoms with Gasteiger partial charge in [-0.3, -0.25) is 4.79 Å². The fourth-order valence-corrected chi connectivity index (χ4v) is 1.49. The third kappa shape index (κ3) is 3.18. The molecular formula is C10H18N2O4. The number of esters is 1. The van der Waals surface area contributed by atoms with Crippen LogP contribution in [-0.4, -0.2) is 43.8 Å². The number of carbonyl (C=O) groups excluding carboxylic acids is 2. The van der Waals surface area contributed by atoms with Gasteiger partial charge in [-0.05, 0) is 13.8 Å². The first-order valence-corrected chi connectivity index (χ1v) is 5.36. The molecule has 3 atom stereocenters. The van der Waals surface area contributed by atoms with Crippen LogP contribution >= 0.6 is 0 Å². The van der Waals surface area contributed by atoms with E-state index in [9.17, 15) is 9.59 Å². The van der Waals surface area contributed by atoms with Crippen molar-refractivity contribution in [3.63, 3.8) is 0 Å². The topological polar surface area (TPSA) is 90.6 Å². The lowest BCUT2D eigenvalue weighted by Gasteiger charge is -2.17. The number of ether oxygens (including phenoxy) is 2. The zero-order chi connectivity index (χ0) is 12.1. The maximum Gasteiger partial charge on any atom is 0.328 e. The molecule has 6 heteroatoms. The van der Waals surface area contributed by atoms with Gasteiger partial charge >= 0.3 is 5.97 Å². The molecule has 16 heavy (non-hydrogen) atoms. The van der Waals surface area contributed by atoms with Crippen LogP contribution in [0.4, 0.5) is 0 Å². The standard InChI is InChI=1S/C10H18N2O4/c1-3-16-10(14)6(2)12-9(13)7-4-15-5-8(7)11/h6-8H,3-5,11H2,1-2H3,(H,12,13). The summed E-state index contributed by atoms with van der Waals surface area (Å²) in [5, 5.41) is 2.56. The molecule has 0 bridgehead atoms. The molecule has 6 nitrogen and oxygen atoms in total. The molecule has 1 amide bonds. The predicted octanol–water partition coefficient (Wildman–Crippen LogP) is -0.972. The summed E-state index contributed by atoms with van der Waals surface area (Å²) in [7, 11) is 0. The number of hydrogen-bond acceptors (Lipinski definition) is 5. The third-order valence-corrected chi connectivity index (χ3v) is 2.46. The van der Waals surface area contributed by atoms with Crippen molar-refractivity contribution in [2.75, 3.05) is 19.8 Å². The van der Waals surface area contributed by atoms with Crippen molar-refractivity contribution in [1.82, 2.24) is 5.32 Å². The van der Waals surface area contributed by atoms with Crippen LogP contribution in [0.3, 0.4) is 0 Å². The molecule has 0 radical (unpaired) electrons. The molecule has 1 aliphatic rings. The highest BCUT2D eigenvalue weighted by atomic mass is 16.5. The summed E-state index contributed by atoms with van der Waals surface area (Å²) >= 11 is 0. The number of amides is 1. The highest BCUT2D eigenvalue weighted by molar-refractivity contribution is 5.86. The molecule has 0 aromatic heterocycles. The Labute approximate surface area is 94.5 Å². The maximum atomic E-state index is 11.7. The number of nitrogens with two attached hydrogens (primary N) is 1. The lowest BCUT2D eigenvalue weighted by atomic mass is 10.0. The summed E-state index contributed by atoms with van der Waals surface area (Å²) in [6.45, 7) is 4.28. The average Bonchev–Trinajstić information content (AvgIpc) is 2.64. The van der Waals surface area contributed by atoms with E-state index in [0.29, 0.717) is 19.8 Å². The summed E-state index contributed by atoms with van der Waals surface area (Å²) < 4.78 is 9.86. The molecule has 92 valence electrons. The van der Waals surface area contributed by atoms with E-state index in [1.807, 2.05) is 0 Å². The number of rotatable bonds is 4. The van der Waals surface area contributed by atoms with Gasteiger partial charge in [0.25, 0.3) is 0 Å². The SMILES string of the molecule is CCOC(=O)C(C)NC(=O)C1COCC1N. The second-order valence-electron chi connectivity index (χ2n) is 3.79. The van der Waals surface area contributed by atoms with Crippen LogP contribution in [0.25, 0.3) is 0 Å². The Morgan fingerprint density at radius 1 is 1.56 bits per heavy atom. The minimum Gasteiger partial charge on any atom is -0.464 e. The molecule has 1 fully saturated rings. The molecule has 0 aromatic carbocycles. The zero-order valence-corrected chi connectivity index (χ0v) is 9.56. The van der Waals surface area contributed by atoms with Crippen molar-refractivity contribution in [3.05, 3.63) is 0 Å². The zero-order valence-electron chi connectivity index (χ0n) is 9.56.